The first-order valence-corrected chi connectivity index (χ1v) is 10.2. The number of ether oxygens (including phenoxy) is 1. The van der Waals surface area contributed by atoms with Crippen LogP contribution in [-0.2, 0) is 17.8 Å². The smallest absolute Gasteiger partial charge is 0.315 e. The fraction of sp³-hybridized carbons (Fsp3) is 0.556. The first kappa shape index (κ1) is 21.8. The van der Waals surface area contributed by atoms with Gasteiger partial charge in [-0.05, 0) is 36.8 Å². The minimum atomic E-state index is -0.295. The molecule has 9 nitrogen and oxygen atoms in total. The second-order valence-electron chi connectivity index (χ2n) is 7.16. The lowest BCUT2D eigenvalue weighted by molar-refractivity contribution is -0.0287. The number of nitrogens with zero attached hydrogens (tertiary/aromatic N) is 5. The summed E-state index contributed by atoms with van der Waals surface area (Å²) in [7, 11) is 0. The van der Waals surface area contributed by atoms with E-state index in [9.17, 15) is 4.79 Å². The standard InChI is InChI=1S/C18H25Cl2N7O2/c1-12(2)27-24-17(23-25-27)9-22-18(28)21-8-14-11-26(5-6-29-14)10-13-3-4-15(19)16(20)7-13/h3-4,7,12,14H,5-6,8-11H2,1-2H3,(H2,21,22,28)/t14-/m0/s1. The molecule has 2 heterocycles. The predicted molar refractivity (Wildman–Crippen MR) is 110 cm³/mol. The Morgan fingerprint density at radius 2 is 2.14 bits per heavy atom. The molecule has 0 aliphatic carbocycles. The summed E-state index contributed by atoms with van der Waals surface area (Å²) >= 11 is 12.1. The summed E-state index contributed by atoms with van der Waals surface area (Å²) in [6.07, 6.45) is -0.0859. The first-order valence-electron chi connectivity index (χ1n) is 9.48. The zero-order valence-electron chi connectivity index (χ0n) is 16.4. The van der Waals surface area contributed by atoms with Gasteiger partial charge in [-0.3, -0.25) is 4.90 Å². The van der Waals surface area contributed by atoms with Crippen LogP contribution in [0.25, 0.3) is 0 Å². The van der Waals surface area contributed by atoms with Crippen molar-refractivity contribution in [2.45, 2.75) is 39.1 Å². The Morgan fingerprint density at radius 1 is 1.31 bits per heavy atom. The van der Waals surface area contributed by atoms with Gasteiger partial charge in [-0.25, -0.2) is 4.79 Å². The molecule has 11 heteroatoms. The maximum Gasteiger partial charge on any atom is 0.315 e. The maximum absolute atomic E-state index is 12.0. The van der Waals surface area contributed by atoms with Crippen LogP contribution in [0, 0.1) is 0 Å². The Bertz CT molecular complexity index is 830. The third-order valence-electron chi connectivity index (χ3n) is 4.44. The Labute approximate surface area is 179 Å². The van der Waals surface area contributed by atoms with Crippen molar-refractivity contribution in [3.05, 3.63) is 39.6 Å². The highest BCUT2D eigenvalue weighted by molar-refractivity contribution is 6.42. The van der Waals surface area contributed by atoms with Gasteiger partial charge >= 0.3 is 6.03 Å². The van der Waals surface area contributed by atoms with Gasteiger partial charge in [0.15, 0.2) is 5.82 Å². The number of hydrogen-bond donors (Lipinski definition) is 2. The van der Waals surface area contributed by atoms with E-state index in [1.807, 2.05) is 26.0 Å². The lowest BCUT2D eigenvalue weighted by Crippen LogP contribution is -2.48. The zero-order valence-corrected chi connectivity index (χ0v) is 17.9. The second-order valence-corrected chi connectivity index (χ2v) is 7.97. The van der Waals surface area contributed by atoms with Gasteiger partial charge in [0, 0.05) is 26.2 Å². The molecule has 2 amide bonds. The number of benzene rings is 1. The molecule has 1 fully saturated rings. The van der Waals surface area contributed by atoms with Crippen molar-refractivity contribution in [1.29, 1.82) is 0 Å². The summed E-state index contributed by atoms with van der Waals surface area (Å²) in [6, 6.07) is 5.48. The van der Waals surface area contributed by atoms with Crippen LogP contribution in [0.4, 0.5) is 4.79 Å². The average molecular weight is 442 g/mol. The van der Waals surface area contributed by atoms with Gasteiger partial charge in [0.2, 0.25) is 0 Å². The molecule has 0 saturated carbocycles. The number of nitrogens with one attached hydrogen (secondary N) is 2. The number of halogens is 2. The lowest BCUT2D eigenvalue weighted by atomic mass is 10.2. The molecule has 2 aromatic rings. The Kier molecular flexibility index (Phi) is 7.65. The molecule has 0 spiro atoms. The monoisotopic (exact) mass is 441 g/mol. The minimum absolute atomic E-state index is 0.0859. The number of carbonyl (C=O) groups is 1. The molecule has 0 bridgehead atoms. The minimum Gasteiger partial charge on any atom is -0.374 e. The number of amides is 2. The number of urea groups is 1. The van der Waals surface area contributed by atoms with Crippen molar-refractivity contribution in [3.63, 3.8) is 0 Å². The molecule has 1 aromatic carbocycles. The largest absolute Gasteiger partial charge is 0.374 e. The summed E-state index contributed by atoms with van der Waals surface area (Å²) in [5, 5.41) is 18.7. The predicted octanol–water partition coefficient (Wildman–Crippen LogP) is 2.26. The molecule has 1 atom stereocenters. The molecular formula is C18H25Cl2N7O2. The number of rotatable bonds is 7. The summed E-state index contributed by atoms with van der Waals surface area (Å²) in [4.78, 5) is 15.8. The van der Waals surface area contributed by atoms with E-state index in [1.165, 1.54) is 4.80 Å². The van der Waals surface area contributed by atoms with Crippen molar-refractivity contribution in [1.82, 2.24) is 35.7 Å². The van der Waals surface area contributed by atoms with E-state index in [2.05, 4.69) is 30.9 Å². The third kappa shape index (κ3) is 6.53. The molecule has 2 N–H and O–H groups in total. The molecule has 1 saturated heterocycles. The van der Waals surface area contributed by atoms with E-state index >= 15 is 0 Å². The van der Waals surface area contributed by atoms with Crippen molar-refractivity contribution >= 4 is 29.2 Å². The van der Waals surface area contributed by atoms with Gasteiger partial charge in [-0.15, -0.1) is 10.2 Å². The van der Waals surface area contributed by atoms with Gasteiger partial charge in [0.1, 0.15) is 0 Å². The quantitative estimate of drug-likeness (QED) is 0.683. The van der Waals surface area contributed by atoms with E-state index in [0.717, 1.165) is 18.7 Å². The fourth-order valence-electron chi connectivity index (χ4n) is 2.92. The SMILES string of the molecule is CC(C)n1nnc(CNC(=O)NC[C@H]2CN(Cc3ccc(Cl)c(Cl)c3)CCO2)n1. The van der Waals surface area contributed by atoms with Gasteiger partial charge in [-0.2, -0.15) is 4.80 Å². The molecular weight excluding hydrogens is 417 g/mol. The summed E-state index contributed by atoms with van der Waals surface area (Å²) < 4.78 is 5.76. The van der Waals surface area contributed by atoms with E-state index in [4.69, 9.17) is 27.9 Å². The molecule has 1 aliphatic heterocycles. The van der Waals surface area contributed by atoms with Crippen LogP contribution in [0.3, 0.4) is 0 Å². The number of hydrogen-bond acceptors (Lipinski definition) is 6. The Hall–Kier alpha value is -1.94. The van der Waals surface area contributed by atoms with E-state index in [0.29, 0.717) is 35.6 Å². The highest BCUT2D eigenvalue weighted by Gasteiger charge is 2.21. The van der Waals surface area contributed by atoms with E-state index < -0.39 is 0 Å². The Morgan fingerprint density at radius 3 is 2.86 bits per heavy atom. The third-order valence-corrected chi connectivity index (χ3v) is 5.18. The molecule has 0 unspecified atom stereocenters. The topological polar surface area (TPSA) is 97.2 Å². The van der Waals surface area contributed by atoms with Gasteiger partial charge < -0.3 is 15.4 Å². The first-order chi connectivity index (χ1) is 13.9. The summed E-state index contributed by atoms with van der Waals surface area (Å²) in [5.74, 6) is 0.468. The summed E-state index contributed by atoms with van der Waals surface area (Å²) in [5.41, 5.74) is 1.09. The fourth-order valence-corrected chi connectivity index (χ4v) is 3.24. The number of tetrazole rings is 1. The normalized spacial score (nSPS) is 17.5. The van der Waals surface area contributed by atoms with Crippen molar-refractivity contribution in [2.75, 3.05) is 26.2 Å². The molecule has 3 rings (SSSR count). The van der Waals surface area contributed by atoms with Crippen LogP contribution in [0.1, 0.15) is 31.3 Å². The summed E-state index contributed by atoms with van der Waals surface area (Å²) in [6.45, 7) is 7.44. The highest BCUT2D eigenvalue weighted by Crippen LogP contribution is 2.23. The molecule has 29 heavy (non-hydrogen) atoms. The Balaban J connectivity index is 1.40. The van der Waals surface area contributed by atoms with Gasteiger partial charge in [0.05, 0.1) is 35.3 Å². The molecule has 158 valence electrons. The zero-order chi connectivity index (χ0) is 20.8. The van der Waals surface area contributed by atoms with Crippen LogP contribution < -0.4 is 10.6 Å². The van der Waals surface area contributed by atoms with E-state index in [-0.39, 0.29) is 24.7 Å². The lowest BCUT2D eigenvalue weighted by Gasteiger charge is -2.33. The molecule has 1 aromatic heterocycles. The van der Waals surface area contributed by atoms with E-state index in [1.54, 1.807) is 6.07 Å². The van der Waals surface area contributed by atoms with Gasteiger partial charge in [0.25, 0.3) is 0 Å². The maximum atomic E-state index is 12.0. The molecule has 1 aliphatic rings. The molecule has 0 radical (unpaired) electrons. The van der Waals surface area contributed by atoms with Crippen LogP contribution in [0.15, 0.2) is 18.2 Å². The van der Waals surface area contributed by atoms with Crippen LogP contribution in [0.5, 0.6) is 0 Å². The van der Waals surface area contributed by atoms with Crippen molar-refractivity contribution < 1.29 is 9.53 Å². The second kappa shape index (κ2) is 10.2. The van der Waals surface area contributed by atoms with Crippen LogP contribution in [-0.4, -0.2) is 63.5 Å². The number of aromatic nitrogens is 4. The van der Waals surface area contributed by atoms with Gasteiger partial charge in [-0.1, -0.05) is 29.3 Å². The highest BCUT2D eigenvalue weighted by atomic mass is 35.5. The van der Waals surface area contributed by atoms with Crippen LogP contribution >= 0.6 is 23.2 Å². The number of morpholine rings is 1. The van der Waals surface area contributed by atoms with Crippen LogP contribution in [0.2, 0.25) is 10.0 Å². The number of carbonyl (C=O) groups excluding carboxylic acids is 1. The average Bonchev–Trinajstić information content (AvgIpc) is 3.17. The van der Waals surface area contributed by atoms with Crippen molar-refractivity contribution in [2.24, 2.45) is 0 Å². The van der Waals surface area contributed by atoms with Crippen molar-refractivity contribution in [3.8, 4) is 0 Å².